The summed E-state index contributed by atoms with van der Waals surface area (Å²) >= 11 is 0. The zero-order chi connectivity index (χ0) is 19.4. The van der Waals surface area contributed by atoms with Crippen molar-refractivity contribution >= 4 is 34.6 Å². The molecule has 3 rings (SSSR count). The van der Waals surface area contributed by atoms with Gasteiger partial charge in [-0.2, -0.15) is 0 Å². The number of hydrogen-bond acceptors (Lipinski definition) is 5. The van der Waals surface area contributed by atoms with Gasteiger partial charge in [0, 0.05) is 30.1 Å². The number of rotatable bonds is 5. The van der Waals surface area contributed by atoms with Crippen LogP contribution in [-0.2, 0) is 4.79 Å². The zero-order valence-corrected chi connectivity index (χ0v) is 15.9. The van der Waals surface area contributed by atoms with Gasteiger partial charge >= 0.3 is 0 Å². The van der Waals surface area contributed by atoms with Crippen molar-refractivity contribution in [3.05, 3.63) is 65.5 Å². The Bertz CT molecular complexity index is 984. The summed E-state index contributed by atoms with van der Waals surface area (Å²) in [6.45, 7) is 7.51. The van der Waals surface area contributed by atoms with Gasteiger partial charge in [-0.25, -0.2) is 9.97 Å². The predicted octanol–water partition coefficient (Wildman–Crippen LogP) is 4.85. The molecule has 1 heterocycles. The molecule has 6 nitrogen and oxygen atoms in total. The molecule has 3 aromatic rings. The van der Waals surface area contributed by atoms with Gasteiger partial charge in [0.2, 0.25) is 5.91 Å². The summed E-state index contributed by atoms with van der Waals surface area (Å²) in [5.41, 5.74) is 4.99. The van der Waals surface area contributed by atoms with Gasteiger partial charge in [0.25, 0.3) is 0 Å². The van der Waals surface area contributed by atoms with Gasteiger partial charge in [-0.15, -0.1) is 0 Å². The average molecular weight is 361 g/mol. The highest BCUT2D eigenvalue weighted by Crippen LogP contribution is 2.25. The highest BCUT2D eigenvalue weighted by molar-refractivity contribution is 5.89. The lowest BCUT2D eigenvalue weighted by molar-refractivity contribution is -0.114. The van der Waals surface area contributed by atoms with Crippen molar-refractivity contribution in [3.63, 3.8) is 0 Å². The Kier molecular flexibility index (Phi) is 5.35. The standard InChI is InChI=1S/C21H23N5O/c1-13-7-5-10-19(14(13)2)26-21-12-20(22-15(3)23-21)25-18-9-6-8-17(11-18)24-16(4)27/h5-12H,1-4H3,(H,24,27)(H2,22,23,25,26). The number of aromatic nitrogens is 2. The van der Waals surface area contributed by atoms with Gasteiger partial charge in [-0.05, 0) is 56.2 Å². The summed E-state index contributed by atoms with van der Waals surface area (Å²) in [6.07, 6.45) is 0. The molecule has 6 heteroatoms. The van der Waals surface area contributed by atoms with Gasteiger partial charge in [-0.3, -0.25) is 4.79 Å². The van der Waals surface area contributed by atoms with Crippen LogP contribution in [0.15, 0.2) is 48.5 Å². The number of anilines is 5. The van der Waals surface area contributed by atoms with Crippen LogP contribution in [0.2, 0.25) is 0 Å². The van der Waals surface area contributed by atoms with Crippen molar-refractivity contribution in [2.75, 3.05) is 16.0 Å². The van der Waals surface area contributed by atoms with Crippen molar-refractivity contribution in [3.8, 4) is 0 Å². The van der Waals surface area contributed by atoms with Crippen LogP contribution >= 0.6 is 0 Å². The Hall–Kier alpha value is -3.41. The molecule has 27 heavy (non-hydrogen) atoms. The normalized spacial score (nSPS) is 10.4. The van der Waals surface area contributed by atoms with E-state index in [0.717, 1.165) is 22.9 Å². The van der Waals surface area contributed by atoms with Crippen molar-refractivity contribution < 1.29 is 4.79 Å². The second-order valence-corrected chi connectivity index (χ2v) is 6.45. The maximum absolute atomic E-state index is 11.2. The summed E-state index contributed by atoms with van der Waals surface area (Å²) < 4.78 is 0. The molecule has 0 atom stereocenters. The molecule has 0 unspecified atom stereocenters. The molecule has 0 fully saturated rings. The lowest BCUT2D eigenvalue weighted by Gasteiger charge is -2.13. The third-order valence-electron chi connectivity index (χ3n) is 4.16. The van der Waals surface area contributed by atoms with Crippen LogP contribution in [0.4, 0.5) is 28.7 Å². The Balaban J connectivity index is 1.83. The van der Waals surface area contributed by atoms with E-state index in [1.54, 1.807) is 0 Å². The smallest absolute Gasteiger partial charge is 0.221 e. The lowest BCUT2D eigenvalue weighted by Crippen LogP contribution is -2.06. The van der Waals surface area contributed by atoms with Crippen molar-refractivity contribution in [1.29, 1.82) is 0 Å². The van der Waals surface area contributed by atoms with Crippen molar-refractivity contribution in [1.82, 2.24) is 9.97 Å². The summed E-state index contributed by atoms with van der Waals surface area (Å²) in [5, 5.41) is 9.41. The molecule has 0 radical (unpaired) electrons. The monoisotopic (exact) mass is 361 g/mol. The second-order valence-electron chi connectivity index (χ2n) is 6.45. The van der Waals surface area contributed by atoms with Crippen LogP contribution in [0.1, 0.15) is 23.9 Å². The van der Waals surface area contributed by atoms with E-state index in [2.05, 4.69) is 45.8 Å². The van der Waals surface area contributed by atoms with E-state index in [4.69, 9.17) is 0 Å². The highest BCUT2D eigenvalue weighted by Gasteiger charge is 2.06. The number of carbonyl (C=O) groups excluding carboxylic acids is 1. The van der Waals surface area contributed by atoms with Crippen LogP contribution in [0, 0.1) is 20.8 Å². The first-order valence-corrected chi connectivity index (χ1v) is 8.74. The summed E-state index contributed by atoms with van der Waals surface area (Å²) in [4.78, 5) is 20.2. The van der Waals surface area contributed by atoms with E-state index in [0.29, 0.717) is 11.6 Å². The van der Waals surface area contributed by atoms with Gasteiger partial charge in [0.05, 0.1) is 0 Å². The largest absolute Gasteiger partial charge is 0.340 e. The minimum absolute atomic E-state index is 0.106. The van der Waals surface area contributed by atoms with E-state index < -0.39 is 0 Å². The first-order valence-electron chi connectivity index (χ1n) is 8.74. The third kappa shape index (κ3) is 4.82. The first-order chi connectivity index (χ1) is 12.9. The van der Waals surface area contributed by atoms with E-state index in [1.165, 1.54) is 18.1 Å². The minimum Gasteiger partial charge on any atom is -0.340 e. The molecule has 0 aliphatic heterocycles. The van der Waals surface area contributed by atoms with E-state index >= 15 is 0 Å². The van der Waals surface area contributed by atoms with Crippen LogP contribution in [0.3, 0.4) is 0 Å². The summed E-state index contributed by atoms with van der Waals surface area (Å²) in [7, 11) is 0. The number of hydrogen-bond donors (Lipinski definition) is 3. The molecule has 1 amide bonds. The zero-order valence-electron chi connectivity index (χ0n) is 15.9. The van der Waals surface area contributed by atoms with E-state index in [9.17, 15) is 4.79 Å². The number of amides is 1. The quantitative estimate of drug-likeness (QED) is 0.605. The molecule has 0 saturated heterocycles. The van der Waals surface area contributed by atoms with Crippen LogP contribution in [0.25, 0.3) is 0 Å². The molecule has 3 N–H and O–H groups in total. The number of carbonyl (C=O) groups is 1. The number of nitrogens with one attached hydrogen (secondary N) is 3. The fourth-order valence-corrected chi connectivity index (χ4v) is 2.75. The van der Waals surface area contributed by atoms with Crippen molar-refractivity contribution in [2.24, 2.45) is 0 Å². The Morgan fingerprint density at radius 2 is 1.52 bits per heavy atom. The molecular weight excluding hydrogens is 338 g/mol. The molecule has 2 aromatic carbocycles. The molecule has 0 aliphatic rings. The Morgan fingerprint density at radius 3 is 2.26 bits per heavy atom. The molecular formula is C21H23N5O. The lowest BCUT2D eigenvalue weighted by atomic mass is 10.1. The highest BCUT2D eigenvalue weighted by atomic mass is 16.1. The van der Waals surface area contributed by atoms with Crippen molar-refractivity contribution in [2.45, 2.75) is 27.7 Å². The third-order valence-corrected chi connectivity index (χ3v) is 4.16. The molecule has 0 saturated carbocycles. The summed E-state index contributed by atoms with van der Waals surface area (Å²) in [5.74, 6) is 1.95. The number of aryl methyl sites for hydroxylation is 2. The maximum Gasteiger partial charge on any atom is 0.221 e. The molecule has 1 aromatic heterocycles. The minimum atomic E-state index is -0.106. The van der Waals surface area contributed by atoms with E-state index in [-0.39, 0.29) is 5.91 Å². The number of benzene rings is 2. The first kappa shape index (κ1) is 18.4. The second kappa shape index (κ2) is 7.86. The van der Waals surface area contributed by atoms with Gasteiger partial charge < -0.3 is 16.0 Å². The maximum atomic E-state index is 11.2. The van der Waals surface area contributed by atoms with Gasteiger partial charge in [-0.1, -0.05) is 18.2 Å². The molecule has 138 valence electrons. The Labute approximate surface area is 159 Å². The van der Waals surface area contributed by atoms with Gasteiger partial charge in [0.1, 0.15) is 17.5 Å². The fourth-order valence-electron chi connectivity index (χ4n) is 2.75. The van der Waals surface area contributed by atoms with Gasteiger partial charge in [0.15, 0.2) is 0 Å². The van der Waals surface area contributed by atoms with Crippen LogP contribution < -0.4 is 16.0 Å². The SMILES string of the molecule is CC(=O)Nc1cccc(Nc2cc(Nc3cccc(C)c3C)nc(C)n2)c1. The van der Waals surface area contributed by atoms with Crippen LogP contribution in [-0.4, -0.2) is 15.9 Å². The predicted molar refractivity (Wildman–Crippen MR) is 110 cm³/mol. The fraction of sp³-hybridized carbons (Fsp3) is 0.190. The molecule has 0 spiro atoms. The average Bonchev–Trinajstić information content (AvgIpc) is 2.58. The molecule has 0 aliphatic carbocycles. The molecule has 0 bridgehead atoms. The number of nitrogens with zero attached hydrogens (tertiary/aromatic N) is 2. The Morgan fingerprint density at radius 1 is 0.852 bits per heavy atom. The van der Waals surface area contributed by atoms with E-state index in [1.807, 2.05) is 49.4 Å². The van der Waals surface area contributed by atoms with Crippen LogP contribution in [0.5, 0.6) is 0 Å². The summed E-state index contributed by atoms with van der Waals surface area (Å²) in [6, 6.07) is 15.5. The topological polar surface area (TPSA) is 78.9 Å².